The van der Waals surface area contributed by atoms with Gasteiger partial charge in [-0.3, -0.25) is 10.2 Å². The van der Waals surface area contributed by atoms with E-state index in [0.29, 0.717) is 6.61 Å². The first-order chi connectivity index (χ1) is 9.89. The Morgan fingerprint density at radius 1 is 1.43 bits per heavy atom. The Balaban J connectivity index is 2.46. The van der Waals surface area contributed by atoms with Crippen LogP contribution < -0.4 is 20.9 Å². The number of anilines is 1. The Morgan fingerprint density at radius 2 is 2.14 bits per heavy atom. The molecule has 0 atom stereocenters. The fraction of sp³-hybridized carbons (Fsp3) is 0.438. The van der Waals surface area contributed by atoms with Gasteiger partial charge in [0.15, 0.2) is 0 Å². The van der Waals surface area contributed by atoms with Gasteiger partial charge in [-0.15, -0.1) is 0 Å². The zero-order chi connectivity index (χ0) is 15.6. The number of nitrogens with one attached hydrogen (secondary N) is 1. The Hall–Kier alpha value is -2.01. The molecule has 0 aromatic heterocycles. The van der Waals surface area contributed by atoms with Gasteiger partial charge < -0.3 is 9.64 Å². The second kappa shape index (κ2) is 5.77. The van der Waals surface area contributed by atoms with Crippen molar-refractivity contribution in [3.05, 3.63) is 29.8 Å². The molecular formula is C16H23N3O2. The number of benzene rings is 1. The largest absolute Gasteiger partial charge is 0.494 e. The first kappa shape index (κ1) is 15.4. The number of amides is 1. The van der Waals surface area contributed by atoms with Gasteiger partial charge >= 0.3 is 0 Å². The third-order valence-corrected chi connectivity index (χ3v) is 3.72. The molecule has 0 bridgehead atoms. The summed E-state index contributed by atoms with van der Waals surface area (Å²) in [5.74, 6) is 5.85. The zero-order valence-electron chi connectivity index (χ0n) is 13.1. The van der Waals surface area contributed by atoms with Gasteiger partial charge in [-0.2, -0.15) is 0 Å². The summed E-state index contributed by atoms with van der Waals surface area (Å²) in [5, 5.41) is 0. The van der Waals surface area contributed by atoms with Crippen LogP contribution in [-0.2, 0) is 4.79 Å². The summed E-state index contributed by atoms with van der Waals surface area (Å²) >= 11 is 0. The van der Waals surface area contributed by atoms with Gasteiger partial charge in [0.2, 0.25) is 0 Å². The highest BCUT2D eigenvalue weighted by Gasteiger charge is 2.32. The number of nitrogens with two attached hydrogens (primary N) is 1. The van der Waals surface area contributed by atoms with Crippen LogP contribution in [0.4, 0.5) is 5.69 Å². The lowest BCUT2D eigenvalue weighted by molar-refractivity contribution is -0.120. The van der Waals surface area contributed by atoms with Crippen LogP contribution in [0.5, 0.6) is 5.75 Å². The fourth-order valence-electron chi connectivity index (χ4n) is 2.80. The number of carbonyl (C=O) groups is 1. The lowest BCUT2D eigenvalue weighted by Gasteiger charge is -2.42. The maximum absolute atomic E-state index is 11.7. The number of hydrogen-bond donors (Lipinski definition) is 2. The molecule has 1 amide bonds. The standard InChI is InChI=1S/C16H23N3O2/c1-5-21-12-6-7-14-13(8-12)11(2)9-16(3,4)19(14)10-15(20)18-17/h6-9H,5,10,17H2,1-4H3,(H,18,20). The summed E-state index contributed by atoms with van der Waals surface area (Å²) in [6.45, 7) is 9.06. The minimum atomic E-state index is -0.253. The number of ether oxygens (including phenoxy) is 1. The van der Waals surface area contributed by atoms with E-state index >= 15 is 0 Å². The van der Waals surface area contributed by atoms with Crippen molar-refractivity contribution in [3.63, 3.8) is 0 Å². The molecule has 114 valence electrons. The van der Waals surface area contributed by atoms with Gasteiger partial charge in [-0.25, -0.2) is 5.84 Å². The van der Waals surface area contributed by atoms with E-state index in [1.54, 1.807) is 0 Å². The Bertz CT molecular complexity index is 579. The normalized spacial score (nSPS) is 16.0. The summed E-state index contributed by atoms with van der Waals surface area (Å²) in [4.78, 5) is 13.8. The van der Waals surface area contributed by atoms with Crippen LogP contribution in [0.1, 0.15) is 33.3 Å². The maximum Gasteiger partial charge on any atom is 0.253 e. The molecule has 0 fully saturated rings. The van der Waals surface area contributed by atoms with Gasteiger partial charge in [-0.05, 0) is 51.5 Å². The van der Waals surface area contributed by atoms with Crippen molar-refractivity contribution in [1.29, 1.82) is 0 Å². The molecule has 0 saturated heterocycles. The molecule has 0 unspecified atom stereocenters. The quantitative estimate of drug-likeness (QED) is 0.506. The number of carbonyl (C=O) groups excluding carboxylic acids is 1. The lowest BCUT2D eigenvalue weighted by atomic mass is 9.88. The van der Waals surface area contributed by atoms with Gasteiger partial charge in [-0.1, -0.05) is 6.08 Å². The Labute approximate surface area is 125 Å². The Kier molecular flexibility index (Phi) is 4.23. The van der Waals surface area contributed by atoms with Crippen LogP contribution in [0.15, 0.2) is 24.3 Å². The number of hydrogen-bond acceptors (Lipinski definition) is 4. The number of hydrazine groups is 1. The van der Waals surface area contributed by atoms with Crippen molar-refractivity contribution in [2.24, 2.45) is 5.84 Å². The third kappa shape index (κ3) is 3.03. The van der Waals surface area contributed by atoms with E-state index in [1.807, 2.05) is 30.0 Å². The number of nitrogens with zero attached hydrogens (tertiary/aromatic N) is 1. The summed E-state index contributed by atoms with van der Waals surface area (Å²) in [6, 6.07) is 5.96. The average molecular weight is 289 g/mol. The van der Waals surface area contributed by atoms with E-state index in [1.165, 1.54) is 5.57 Å². The third-order valence-electron chi connectivity index (χ3n) is 3.72. The highest BCUT2D eigenvalue weighted by molar-refractivity contribution is 5.87. The van der Waals surface area contributed by atoms with Crippen molar-refractivity contribution in [2.75, 3.05) is 18.1 Å². The molecule has 0 aliphatic carbocycles. The predicted molar refractivity (Wildman–Crippen MR) is 85.0 cm³/mol. The topological polar surface area (TPSA) is 67.6 Å². The number of rotatable bonds is 4. The van der Waals surface area contributed by atoms with E-state index in [4.69, 9.17) is 10.6 Å². The van der Waals surface area contributed by atoms with Crippen LogP contribution in [0, 0.1) is 0 Å². The van der Waals surface area contributed by atoms with Crippen molar-refractivity contribution >= 4 is 17.2 Å². The van der Waals surface area contributed by atoms with Crippen molar-refractivity contribution < 1.29 is 9.53 Å². The van der Waals surface area contributed by atoms with Gasteiger partial charge in [0.25, 0.3) is 5.91 Å². The van der Waals surface area contributed by atoms with E-state index in [2.05, 4.69) is 32.3 Å². The molecule has 5 nitrogen and oxygen atoms in total. The summed E-state index contributed by atoms with van der Waals surface area (Å²) in [5.41, 5.74) is 5.23. The molecule has 0 spiro atoms. The van der Waals surface area contributed by atoms with E-state index in [0.717, 1.165) is 17.0 Å². The fourth-order valence-corrected chi connectivity index (χ4v) is 2.80. The molecule has 3 N–H and O–H groups in total. The summed E-state index contributed by atoms with van der Waals surface area (Å²) in [7, 11) is 0. The van der Waals surface area contributed by atoms with Crippen molar-refractivity contribution in [1.82, 2.24) is 5.43 Å². The second-order valence-corrected chi connectivity index (χ2v) is 5.75. The van der Waals surface area contributed by atoms with Crippen LogP contribution in [0.3, 0.4) is 0 Å². The van der Waals surface area contributed by atoms with Crippen molar-refractivity contribution in [3.8, 4) is 5.75 Å². The molecular weight excluding hydrogens is 266 g/mol. The predicted octanol–water partition coefficient (Wildman–Crippen LogP) is 2.08. The molecule has 1 aliphatic rings. The van der Waals surface area contributed by atoms with Gasteiger partial charge in [0.05, 0.1) is 18.7 Å². The molecule has 1 aliphatic heterocycles. The first-order valence-corrected chi connectivity index (χ1v) is 7.13. The maximum atomic E-state index is 11.7. The summed E-state index contributed by atoms with van der Waals surface area (Å²) < 4.78 is 5.56. The van der Waals surface area contributed by atoms with E-state index in [-0.39, 0.29) is 18.0 Å². The first-order valence-electron chi connectivity index (χ1n) is 7.13. The highest BCUT2D eigenvalue weighted by Crippen LogP contribution is 2.40. The molecule has 0 radical (unpaired) electrons. The minimum absolute atomic E-state index is 0.212. The smallest absolute Gasteiger partial charge is 0.253 e. The molecule has 2 rings (SSSR count). The highest BCUT2D eigenvalue weighted by atomic mass is 16.5. The van der Waals surface area contributed by atoms with Gasteiger partial charge in [0.1, 0.15) is 5.75 Å². The average Bonchev–Trinajstić information content (AvgIpc) is 2.43. The van der Waals surface area contributed by atoms with Crippen LogP contribution in [0.2, 0.25) is 0 Å². The second-order valence-electron chi connectivity index (χ2n) is 5.75. The Morgan fingerprint density at radius 3 is 2.76 bits per heavy atom. The molecule has 1 heterocycles. The monoisotopic (exact) mass is 289 g/mol. The molecule has 1 aromatic carbocycles. The minimum Gasteiger partial charge on any atom is -0.494 e. The number of fused-ring (bicyclic) bond motifs is 1. The molecule has 1 aromatic rings. The SMILES string of the molecule is CCOc1ccc2c(c1)C(C)=CC(C)(C)N2CC(=O)NN. The number of allylic oxidation sites excluding steroid dienone is 1. The molecule has 5 heteroatoms. The lowest BCUT2D eigenvalue weighted by Crippen LogP contribution is -2.51. The van der Waals surface area contributed by atoms with Crippen LogP contribution in [0.25, 0.3) is 5.57 Å². The van der Waals surface area contributed by atoms with Crippen molar-refractivity contribution in [2.45, 2.75) is 33.2 Å². The molecule has 21 heavy (non-hydrogen) atoms. The summed E-state index contributed by atoms with van der Waals surface area (Å²) in [6.07, 6.45) is 2.16. The van der Waals surface area contributed by atoms with E-state index in [9.17, 15) is 4.79 Å². The zero-order valence-corrected chi connectivity index (χ0v) is 13.1. The van der Waals surface area contributed by atoms with Crippen LogP contribution in [-0.4, -0.2) is 24.6 Å². The van der Waals surface area contributed by atoms with Crippen LogP contribution >= 0.6 is 0 Å². The molecule has 0 saturated carbocycles. The van der Waals surface area contributed by atoms with E-state index < -0.39 is 0 Å². The van der Waals surface area contributed by atoms with Gasteiger partial charge in [0, 0.05) is 11.3 Å².